The van der Waals surface area contributed by atoms with E-state index in [0.717, 1.165) is 11.9 Å². The molecule has 1 saturated heterocycles. The van der Waals surface area contributed by atoms with Crippen LogP contribution in [0, 0.1) is 11.3 Å². The minimum atomic E-state index is -1.82. The number of rotatable bonds is 8. The van der Waals surface area contributed by atoms with Gasteiger partial charge in [-0.2, -0.15) is 10.4 Å². The zero-order chi connectivity index (χ0) is 26.4. The third-order valence-corrected chi connectivity index (χ3v) is 5.60. The summed E-state index contributed by atoms with van der Waals surface area (Å²) in [6, 6.07) is 14.2. The number of fused-ring (bicyclic) bond motifs is 1. The average molecular weight is 509 g/mol. The molecule has 0 saturated carbocycles. The number of nitrogens with zero attached hydrogens (tertiary/aromatic N) is 4. The number of carbonyl (C=O) groups excluding carboxylic acids is 3. The molecule has 13 nitrogen and oxygen atoms in total. The molecule has 3 atom stereocenters. The second kappa shape index (κ2) is 11.0. The van der Waals surface area contributed by atoms with Crippen LogP contribution in [-0.2, 0) is 40.6 Å². The van der Waals surface area contributed by atoms with E-state index in [0.29, 0.717) is 0 Å². The van der Waals surface area contributed by atoms with Crippen LogP contribution < -0.4 is 5.32 Å². The van der Waals surface area contributed by atoms with Crippen molar-refractivity contribution in [1.29, 1.82) is 5.26 Å². The molecule has 0 aliphatic carbocycles. The molecule has 3 aromatic rings. The molecule has 37 heavy (non-hydrogen) atoms. The van der Waals surface area contributed by atoms with Crippen LogP contribution in [0.5, 0.6) is 0 Å². The molecule has 2 aromatic heterocycles. The zero-order valence-electron chi connectivity index (χ0n) is 19.7. The van der Waals surface area contributed by atoms with E-state index < -0.39 is 42.6 Å². The summed E-state index contributed by atoms with van der Waals surface area (Å²) < 4.78 is 21.8. The number of aromatic nitrogens is 3. The molecule has 1 amide bonds. The largest absolute Gasteiger partial charge is 0.463 e. The molecule has 192 valence electrons. The lowest BCUT2D eigenvalue weighted by atomic mass is 9.94. The smallest absolute Gasteiger partial charge is 0.415 e. The monoisotopic (exact) mass is 509 g/mol. The van der Waals surface area contributed by atoms with E-state index in [1.807, 2.05) is 24.3 Å². The van der Waals surface area contributed by atoms with Crippen molar-refractivity contribution < 1.29 is 38.4 Å². The summed E-state index contributed by atoms with van der Waals surface area (Å²) in [5.74, 6) is -1.04. The molecule has 2 N–H and O–H groups in total. The second-order valence-electron chi connectivity index (χ2n) is 8.12. The van der Waals surface area contributed by atoms with Crippen LogP contribution in [0.2, 0.25) is 0 Å². The predicted octanol–water partition coefficient (Wildman–Crippen LogP) is 1.45. The minimum absolute atomic E-state index is 0.0398. The van der Waals surface area contributed by atoms with E-state index in [1.165, 1.54) is 23.6 Å². The standard InChI is InChI=1S/C24H23N5O8/c1-15(30)35-14-36-23(33)28-22-18-7-8-19(29(18)27-13-26-22)24(12-25)20(31)10-17(37-24)11-34-21(32)9-16-5-3-2-4-6-16/h2-8,13,17,20,31H,9-11,14H2,1H3,(H,26,27,28,33)/t17-,20-,24+/m1/s1. The van der Waals surface area contributed by atoms with E-state index in [2.05, 4.69) is 20.1 Å². The number of amides is 1. The van der Waals surface area contributed by atoms with E-state index in [9.17, 15) is 24.8 Å². The Hall–Kier alpha value is -4.54. The van der Waals surface area contributed by atoms with Crippen molar-refractivity contribution in [2.45, 2.75) is 37.6 Å². The Labute approximate surface area is 210 Å². The first kappa shape index (κ1) is 25.5. The van der Waals surface area contributed by atoms with Crippen LogP contribution in [0.1, 0.15) is 24.6 Å². The van der Waals surface area contributed by atoms with Crippen molar-refractivity contribution >= 4 is 29.4 Å². The lowest BCUT2D eigenvalue weighted by molar-refractivity contribution is -0.149. The number of nitrogens with one attached hydrogen (secondary N) is 1. The Morgan fingerprint density at radius 3 is 2.73 bits per heavy atom. The number of benzene rings is 1. The predicted molar refractivity (Wildman–Crippen MR) is 124 cm³/mol. The van der Waals surface area contributed by atoms with Gasteiger partial charge in [0, 0.05) is 13.3 Å². The highest BCUT2D eigenvalue weighted by molar-refractivity contribution is 5.88. The first-order valence-corrected chi connectivity index (χ1v) is 11.2. The summed E-state index contributed by atoms with van der Waals surface area (Å²) in [6.45, 7) is 0.441. The van der Waals surface area contributed by atoms with Crippen LogP contribution in [0.4, 0.5) is 10.6 Å². The first-order valence-electron chi connectivity index (χ1n) is 11.2. The molecular weight excluding hydrogens is 486 g/mol. The summed E-state index contributed by atoms with van der Waals surface area (Å²) in [7, 11) is 0. The molecule has 0 radical (unpaired) electrons. The van der Waals surface area contributed by atoms with Gasteiger partial charge in [0.15, 0.2) is 5.82 Å². The normalized spacial score (nSPS) is 20.7. The van der Waals surface area contributed by atoms with Gasteiger partial charge in [0.05, 0.1) is 18.2 Å². The van der Waals surface area contributed by atoms with Gasteiger partial charge in [-0.05, 0) is 17.7 Å². The maximum Gasteiger partial charge on any atom is 0.415 e. The van der Waals surface area contributed by atoms with Crippen molar-refractivity contribution in [3.05, 3.63) is 60.0 Å². The molecule has 1 fully saturated rings. The number of aliphatic hydroxyl groups is 1. The highest BCUT2D eigenvalue weighted by atomic mass is 16.7. The van der Waals surface area contributed by atoms with Gasteiger partial charge in [-0.1, -0.05) is 30.3 Å². The SMILES string of the molecule is CC(=O)OCOC(=O)Nc1ncnn2c([C@]3(C#N)O[C@@H](COC(=O)Cc4ccccc4)C[C@H]3O)ccc12. The molecule has 1 aromatic carbocycles. The number of carbonyl (C=O) groups is 3. The van der Waals surface area contributed by atoms with Gasteiger partial charge in [-0.3, -0.25) is 14.9 Å². The molecular formula is C24H23N5O8. The van der Waals surface area contributed by atoms with Crippen molar-refractivity contribution in [3.63, 3.8) is 0 Å². The van der Waals surface area contributed by atoms with Crippen LogP contribution in [0.3, 0.4) is 0 Å². The molecule has 0 unspecified atom stereocenters. The summed E-state index contributed by atoms with van der Waals surface area (Å²) in [4.78, 5) is 39.0. The third-order valence-electron chi connectivity index (χ3n) is 5.60. The Morgan fingerprint density at radius 1 is 1.22 bits per heavy atom. The Kier molecular flexibility index (Phi) is 7.61. The topological polar surface area (TPSA) is 174 Å². The van der Waals surface area contributed by atoms with Crippen LogP contribution in [0.15, 0.2) is 48.8 Å². The van der Waals surface area contributed by atoms with Gasteiger partial charge in [0.1, 0.15) is 30.6 Å². The van der Waals surface area contributed by atoms with Gasteiger partial charge in [-0.15, -0.1) is 0 Å². The van der Waals surface area contributed by atoms with Crippen molar-refractivity contribution in [1.82, 2.24) is 14.6 Å². The Morgan fingerprint density at radius 2 is 2.00 bits per heavy atom. The lowest BCUT2D eigenvalue weighted by Crippen LogP contribution is -2.36. The Balaban J connectivity index is 1.46. The highest BCUT2D eigenvalue weighted by Crippen LogP contribution is 2.40. The quantitative estimate of drug-likeness (QED) is 0.332. The van der Waals surface area contributed by atoms with Crippen molar-refractivity contribution in [2.75, 3.05) is 18.7 Å². The van der Waals surface area contributed by atoms with Crippen LogP contribution >= 0.6 is 0 Å². The number of nitriles is 1. The van der Waals surface area contributed by atoms with Gasteiger partial charge in [0.2, 0.25) is 12.4 Å². The fraction of sp³-hybridized carbons (Fsp3) is 0.333. The molecule has 0 bridgehead atoms. The average Bonchev–Trinajstić information content (AvgIpc) is 3.45. The zero-order valence-corrected chi connectivity index (χ0v) is 19.7. The number of ether oxygens (including phenoxy) is 4. The van der Waals surface area contributed by atoms with Gasteiger partial charge < -0.3 is 24.1 Å². The second-order valence-corrected chi connectivity index (χ2v) is 8.12. The molecule has 13 heteroatoms. The van der Waals surface area contributed by atoms with E-state index in [-0.39, 0.29) is 36.5 Å². The van der Waals surface area contributed by atoms with E-state index in [4.69, 9.17) is 14.2 Å². The van der Waals surface area contributed by atoms with Gasteiger partial charge in [0.25, 0.3) is 0 Å². The van der Waals surface area contributed by atoms with Gasteiger partial charge in [-0.25, -0.2) is 14.3 Å². The minimum Gasteiger partial charge on any atom is -0.463 e. The summed E-state index contributed by atoms with van der Waals surface area (Å²) >= 11 is 0. The van der Waals surface area contributed by atoms with Crippen LogP contribution in [-0.4, -0.2) is 63.3 Å². The van der Waals surface area contributed by atoms with Crippen LogP contribution in [0.25, 0.3) is 5.52 Å². The van der Waals surface area contributed by atoms with E-state index in [1.54, 1.807) is 12.1 Å². The lowest BCUT2D eigenvalue weighted by Gasteiger charge is -2.24. The van der Waals surface area contributed by atoms with Crippen molar-refractivity contribution in [2.24, 2.45) is 0 Å². The molecule has 1 aliphatic heterocycles. The molecule has 0 spiro atoms. The number of esters is 2. The number of anilines is 1. The van der Waals surface area contributed by atoms with Gasteiger partial charge >= 0.3 is 18.0 Å². The van der Waals surface area contributed by atoms with E-state index >= 15 is 0 Å². The number of hydrogen-bond donors (Lipinski definition) is 2. The molecule has 4 rings (SSSR count). The summed E-state index contributed by atoms with van der Waals surface area (Å²) in [5, 5.41) is 27.4. The van der Waals surface area contributed by atoms with Crippen molar-refractivity contribution in [3.8, 4) is 6.07 Å². The fourth-order valence-electron chi connectivity index (χ4n) is 3.91. The maximum atomic E-state index is 12.2. The first-order chi connectivity index (χ1) is 17.8. The fourth-order valence-corrected chi connectivity index (χ4v) is 3.91. The number of hydrogen-bond acceptors (Lipinski definition) is 11. The molecule has 1 aliphatic rings. The Bertz CT molecular complexity index is 1340. The third kappa shape index (κ3) is 5.66. The maximum absolute atomic E-state index is 12.2. The summed E-state index contributed by atoms with van der Waals surface area (Å²) in [5.41, 5.74) is -0.547. The highest BCUT2D eigenvalue weighted by Gasteiger charge is 2.52. The summed E-state index contributed by atoms with van der Waals surface area (Å²) in [6.07, 6.45) is -1.68. The number of aliphatic hydroxyl groups excluding tert-OH is 1. The molecule has 3 heterocycles.